The van der Waals surface area contributed by atoms with E-state index < -0.39 is 0 Å². The lowest BCUT2D eigenvalue weighted by Gasteiger charge is -2.11. The molecule has 0 bridgehead atoms. The van der Waals surface area contributed by atoms with Gasteiger partial charge in [-0.3, -0.25) is 0 Å². The minimum atomic E-state index is 0.918. The van der Waals surface area contributed by atoms with Gasteiger partial charge < -0.3 is 8.98 Å². The molecule has 2 heteroatoms. The maximum Gasteiger partial charge on any atom is 0.136 e. The van der Waals surface area contributed by atoms with Gasteiger partial charge in [0, 0.05) is 21.5 Å². The number of hydrogen-bond acceptors (Lipinski definition) is 1. The average molecular weight is 333 g/mol. The molecule has 6 aromatic rings. The first-order chi connectivity index (χ1) is 12.9. The van der Waals surface area contributed by atoms with Crippen LogP contribution in [0.3, 0.4) is 0 Å². The molecule has 2 nitrogen and oxygen atoms in total. The lowest BCUT2D eigenvalue weighted by atomic mass is 10.1. The van der Waals surface area contributed by atoms with E-state index in [1.807, 2.05) is 0 Å². The van der Waals surface area contributed by atoms with E-state index >= 15 is 0 Å². The van der Waals surface area contributed by atoms with Gasteiger partial charge in [-0.25, -0.2) is 0 Å². The Labute approximate surface area is 149 Å². The summed E-state index contributed by atoms with van der Waals surface area (Å²) in [5, 5.41) is 6.15. The van der Waals surface area contributed by atoms with Crippen molar-refractivity contribution in [2.24, 2.45) is 0 Å². The molecule has 0 aliphatic rings. The molecule has 4 aromatic carbocycles. The molecule has 122 valence electrons. The van der Waals surface area contributed by atoms with Crippen LogP contribution in [0.5, 0.6) is 0 Å². The van der Waals surface area contributed by atoms with Crippen molar-refractivity contribution < 1.29 is 4.42 Å². The Bertz CT molecular complexity index is 1430. The van der Waals surface area contributed by atoms with Gasteiger partial charge in [-0.2, -0.15) is 0 Å². The second-order valence-electron chi connectivity index (χ2n) is 6.64. The number of fused-ring (bicyclic) bond motifs is 6. The van der Waals surface area contributed by atoms with Crippen LogP contribution in [0.1, 0.15) is 0 Å². The molecular weight excluding hydrogens is 318 g/mol. The Balaban J connectivity index is 1.92. The van der Waals surface area contributed by atoms with Crippen LogP contribution in [-0.4, -0.2) is 4.57 Å². The summed E-state index contributed by atoms with van der Waals surface area (Å²) in [4.78, 5) is 0. The lowest BCUT2D eigenvalue weighted by molar-refractivity contribution is 0.616. The van der Waals surface area contributed by atoms with Crippen LogP contribution in [-0.2, 0) is 0 Å². The first-order valence-corrected chi connectivity index (χ1v) is 8.79. The van der Waals surface area contributed by atoms with Gasteiger partial charge in [0.05, 0.1) is 23.0 Å². The Kier molecular flexibility index (Phi) is 2.64. The van der Waals surface area contributed by atoms with Crippen LogP contribution in [0, 0.1) is 0 Å². The largest absolute Gasteiger partial charge is 0.464 e. The molecular formula is C24H15NO. The quantitative estimate of drug-likeness (QED) is 0.328. The van der Waals surface area contributed by atoms with Gasteiger partial charge >= 0.3 is 0 Å². The van der Waals surface area contributed by atoms with E-state index in [0.717, 1.165) is 11.0 Å². The maximum atomic E-state index is 5.69. The summed E-state index contributed by atoms with van der Waals surface area (Å²) in [5.41, 5.74) is 4.53. The van der Waals surface area contributed by atoms with E-state index in [-0.39, 0.29) is 0 Å². The van der Waals surface area contributed by atoms with Crippen molar-refractivity contribution in [3.05, 3.63) is 91.2 Å². The van der Waals surface area contributed by atoms with Gasteiger partial charge in [0.2, 0.25) is 0 Å². The highest BCUT2D eigenvalue weighted by atomic mass is 16.3. The molecule has 0 unspecified atom stereocenters. The Morgan fingerprint density at radius 2 is 1.38 bits per heavy atom. The molecule has 0 spiro atoms. The Hall–Kier alpha value is -3.52. The number of rotatable bonds is 1. The molecule has 0 aliphatic carbocycles. The number of para-hydroxylation sites is 1. The summed E-state index contributed by atoms with van der Waals surface area (Å²) >= 11 is 0. The Morgan fingerprint density at radius 1 is 0.577 bits per heavy atom. The van der Waals surface area contributed by atoms with Crippen LogP contribution in [0.15, 0.2) is 95.6 Å². The normalized spacial score (nSPS) is 11.8. The molecule has 0 saturated heterocycles. The molecule has 0 amide bonds. The van der Waals surface area contributed by atoms with E-state index in [1.165, 1.54) is 38.3 Å². The number of nitrogens with zero attached hydrogens (tertiary/aromatic N) is 1. The third kappa shape index (κ3) is 1.71. The molecule has 2 aromatic heterocycles. The highest BCUT2D eigenvalue weighted by molar-refractivity contribution is 6.18. The number of furan rings is 1. The highest BCUT2D eigenvalue weighted by Gasteiger charge is 2.16. The fourth-order valence-corrected chi connectivity index (χ4v) is 4.16. The fourth-order valence-electron chi connectivity index (χ4n) is 4.16. The third-order valence-corrected chi connectivity index (χ3v) is 5.27. The van der Waals surface area contributed by atoms with Crippen LogP contribution in [0.2, 0.25) is 0 Å². The molecule has 0 aliphatic heterocycles. The van der Waals surface area contributed by atoms with Crippen LogP contribution < -0.4 is 0 Å². The third-order valence-electron chi connectivity index (χ3n) is 5.27. The van der Waals surface area contributed by atoms with Crippen molar-refractivity contribution in [3.8, 4) is 5.69 Å². The standard InChI is InChI=1S/C24H15NO/c1-2-8-17-16(6-1)7-5-11-21(17)25-22-10-4-3-9-18(22)19-12-13-23-20(24(19)25)14-15-26-23/h1-15H. The zero-order chi connectivity index (χ0) is 17.1. The monoisotopic (exact) mass is 333 g/mol. The van der Waals surface area contributed by atoms with Crippen molar-refractivity contribution in [1.82, 2.24) is 4.57 Å². The van der Waals surface area contributed by atoms with Gasteiger partial charge in [-0.1, -0.05) is 54.6 Å². The molecule has 2 heterocycles. The van der Waals surface area contributed by atoms with E-state index in [0.29, 0.717) is 0 Å². The molecule has 0 fully saturated rings. The molecule has 0 saturated carbocycles. The van der Waals surface area contributed by atoms with Crippen LogP contribution in [0.25, 0.3) is 49.2 Å². The van der Waals surface area contributed by atoms with Gasteiger partial charge in [0.15, 0.2) is 0 Å². The lowest BCUT2D eigenvalue weighted by Crippen LogP contribution is -1.95. The second-order valence-corrected chi connectivity index (χ2v) is 6.64. The zero-order valence-corrected chi connectivity index (χ0v) is 14.0. The maximum absolute atomic E-state index is 5.69. The van der Waals surface area contributed by atoms with Gasteiger partial charge in [-0.15, -0.1) is 0 Å². The summed E-state index contributed by atoms with van der Waals surface area (Å²) in [5.74, 6) is 0. The minimum Gasteiger partial charge on any atom is -0.464 e. The van der Waals surface area contributed by atoms with E-state index in [2.05, 4.69) is 89.5 Å². The number of aromatic nitrogens is 1. The summed E-state index contributed by atoms with van der Waals surface area (Å²) in [6.45, 7) is 0. The van der Waals surface area contributed by atoms with Crippen LogP contribution in [0.4, 0.5) is 0 Å². The van der Waals surface area contributed by atoms with Crippen molar-refractivity contribution in [3.63, 3.8) is 0 Å². The number of hydrogen-bond donors (Lipinski definition) is 0. The second kappa shape index (κ2) is 4.99. The molecule has 26 heavy (non-hydrogen) atoms. The topological polar surface area (TPSA) is 18.1 Å². The molecule has 6 rings (SSSR count). The summed E-state index contributed by atoms with van der Waals surface area (Å²) in [7, 11) is 0. The first-order valence-electron chi connectivity index (χ1n) is 8.79. The van der Waals surface area contributed by atoms with Crippen molar-refractivity contribution in [2.45, 2.75) is 0 Å². The Morgan fingerprint density at radius 3 is 2.35 bits per heavy atom. The predicted octanol–water partition coefficient (Wildman–Crippen LogP) is 6.68. The fraction of sp³-hybridized carbons (Fsp3) is 0. The van der Waals surface area contributed by atoms with Crippen molar-refractivity contribution in [1.29, 1.82) is 0 Å². The van der Waals surface area contributed by atoms with Crippen molar-refractivity contribution in [2.75, 3.05) is 0 Å². The van der Waals surface area contributed by atoms with Crippen molar-refractivity contribution >= 4 is 43.5 Å². The van der Waals surface area contributed by atoms with Gasteiger partial charge in [0.1, 0.15) is 5.58 Å². The highest BCUT2D eigenvalue weighted by Crippen LogP contribution is 2.38. The van der Waals surface area contributed by atoms with Crippen LogP contribution >= 0.6 is 0 Å². The average Bonchev–Trinajstić information content (AvgIpc) is 3.30. The molecule has 0 radical (unpaired) electrons. The SMILES string of the molecule is c1ccc2c(-n3c4ccccc4c4ccc5occc5c43)cccc2c1. The molecule has 0 N–H and O–H groups in total. The van der Waals surface area contributed by atoms with E-state index in [9.17, 15) is 0 Å². The summed E-state index contributed by atoms with van der Waals surface area (Å²) in [6.07, 6.45) is 1.77. The van der Waals surface area contributed by atoms with Gasteiger partial charge in [-0.05, 0) is 35.7 Å². The predicted molar refractivity (Wildman–Crippen MR) is 108 cm³/mol. The van der Waals surface area contributed by atoms with E-state index in [4.69, 9.17) is 4.42 Å². The minimum absolute atomic E-state index is 0.918. The first kappa shape index (κ1) is 13.7. The zero-order valence-electron chi connectivity index (χ0n) is 14.0. The molecule has 0 atom stereocenters. The summed E-state index contributed by atoms with van der Waals surface area (Å²) < 4.78 is 8.07. The smallest absolute Gasteiger partial charge is 0.136 e. The van der Waals surface area contributed by atoms with E-state index in [1.54, 1.807) is 6.26 Å². The summed E-state index contributed by atoms with van der Waals surface area (Å²) in [6, 6.07) is 30.0. The van der Waals surface area contributed by atoms with Gasteiger partial charge in [0.25, 0.3) is 0 Å². The number of benzene rings is 4.